The van der Waals surface area contributed by atoms with E-state index in [4.69, 9.17) is 4.74 Å². The number of rotatable bonds is 8. The molecule has 2 fully saturated rings. The summed E-state index contributed by atoms with van der Waals surface area (Å²) in [4.78, 5) is 0. The summed E-state index contributed by atoms with van der Waals surface area (Å²) in [5.41, 5.74) is 2.30. The fourth-order valence-corrected chi connectivity index (χ4v) is 6.00. The van der Waals surface area contributed by atoms with Gasteiger partial charge in [0.1, 0.15) is 6.61 Å². The van der Waals surface area contributed by atoms with Crippen molar-refractivity contribution < 1.29 is 13.5 Å². The zero-order chi connectivity index (χ0) is 23.2. The van der Waals surface area contributed by atoms with Crippen LogP contribution in [0.1, 0.15) is 69.8 Å². The first-order valence-corrected chi connectivity index (χ1v) is 12.5. The smallest absolute Gasteiger partial charge is 0.201 e. The third-order valence-electron chi connectivity index (χ3n) is 7.80. The van der Waals surface area contributed by atoms with Crippen molar-refractivity contribution in [1.29, 1.82) is 0 Å². The molecule has 4 atom stereocenters. The molecule has 2 aromatic carbocycles. The van der Waals surface area contributed by atoms with Crippen LogP contribution < -0.4 is 4.74 Å². The summed E-state index contributed by atoms with van der Waals surface area (Å²) in [5, 5.41) is 0. The molecule has 33 heavy (non-hydrogen) atoms. The molecule has 0 amide bonds. The third kappa shape index (κ3) is 5.57. The topological polar surface area (TPSA) is 9.23 Å². The molecule has 176 valence electrons. The van der Waals surface area contributed by atoms with E-state index in [-0.39, 0.29) is 17.9 Å². The zero-order valence-corrected chi connectivity index (χ0v) is 19.7. The standard InChI is InChI=1S/C30H36F2O/c1-3-5-6-7-21-8-9-26-20-25(15-14-24(26)19-21)22-10-12-23(13-11-22)27-16-17-28(33-18-4-2)30(32)29(27)31/h3-5,10-13,16-17,21,24-26H,2,6-9,14-15,18-20H2,1H3/b5-3+. The van der Waals surface area contributed by atoms with Crippen LogP contribution in [0.5, 0.6) is 5.75 Å². The van der Waals surface area contributed by atoms with E-state index in [1.165, 1.54) is 69.1 Å². The van der Waals surface area contributed by atoms with Crippen molar-refractivity contribution in [2.24, 2.45) is 17.8 Å². The van der Waals surface area contributed by atoms with Gasteiger partial charge in [-0.1, -0.05) is 55.5 Å². The summed E-state index contributed by atoms with van der Waals surface area (Å²) in [6.07, 6.45) is 16.5. The van der Waals surface area contributed by atoms with Crippen molar-refractivity contribution in [3.05, 3.63) is 78.4 Å². The van der Waals surface area contributed by atoms with Crippen LogP contribution in [0.2, 0.25) is 0 Å². The number of hydrogen-bond donors (Lipinski definition) is 0. The summed E-state index contributed by atoms with van der Waals surface area (Å²) in [6.45, 7) is 5.79. The average molecular weight is 451 g/mol. The number of benzene rings is 2. The van der Waals surface area contributed by atoms with Crippen LogP contribution >= 0.6 is 0 Å². The zero-order valence-electron chi connectivity index (χ0n) is 19.7. The van der Waals surface area contributed by atoms with Gasteiger partial charge in [-0.05, 0) is 98.8 Å². The Balaban J connectivity index is 1.39. The Morgan fingerprint density at radius 1 is 0.939 bits per heavy atom. The highest BCUT2D eigenvalue weighted by molar-refractivity contribution is 5.65. The van der Waals surface area contributed by atoms with Gasteiger partial charge in [-0.15, -0.1) is 0 Å². The minimum Gasteiger partial charge on any atom is -0.486 e. The van der Waals surface area contributed by atoms with Gasteiger partial charge in [0.25, 0.3) is 0 Å². The summed E-state index contributed by atoms with van der Waals surface area (Å²) >= 11 is 0. The second-order valence-electron chi connectivity index (χ2n) is 9.82. The van der Waals surface area contributed by atoms with E-state index >= 15 is 0 Å². The maximum atomic E-state index is 14.7. The predicted molar refractivity (Wildman–Crippen MR) is 132 cm³/mol. The number of halogens is 2. The van der Waals surface area contributed by atoms with Gasteiger partial charge >= 0.3 is 0 Å². The van der Waals surface area contributed by atoms with Crippen molar-refractivity contribution in [2.75, 3.05) is 6.61 Å². The second-order valence-corrected chi connectivity index (χ2v) is 9.82. The summed E-state index contributed by atoms with van der Waals surface area (Å²) in [6, 6.07) is 11.2. The minimum atomic E-state index is -0.946. The molecular weight excluding hydrogens is 414 g/mol. The Morgan fingerprint density at radius 2 is 1.70 bits per heavy atom. The van der Waals surface area contributed by atoms with E-state index in [0.717, 1.165) is 17.8 Å². The maximum absolute atomic E-state index is 14.7. The van der Waals surface area contributed by atoms with Gasteiger partial charge in [-0.2, -0.15) is 4.39 Å². The lowest BCUT2D eigenvalue weighted by atomic mass is 9.63. The van der Waals surface area contributed by atoms with Crippen molar-refractivity contribution in [3.63, 3.8) is 0 Å². The van der Waals surface area contributed by atoms with Gasteiger partial charge in [0.2, 0.25) is 5.82 Å². The van der Waals surface area contributed by atoms with Gasteiger partial charge in [-0.25, -0.2) is 4.39 Å². The van der Waals surface area contributed by atoms with Crippen molar-refractivity contribution in [3.8, 4) is 16.9 Å². The summed E-state index contributed by atoms with van der Waals surface area (Å²) in [5.74, 6) is 1.33. The van der Waals surface area contributed by atoms with E-state index in [2.05, 4.69) is 37.8 Å². The van der Waals surface area contributed by atoms with Crippen LogP contribution in [0.25, 0.3) is 11.1 Å². The predicted octanol–water partition coefficient (Wildman–Crippen LogP) is 8.85. The van der Waals surface area contributed by atoms with Gasteiger partial charge in [0.15, 0.2) is 11.6 Å². The highest BCUT2D eigenvalue weighted by Gasteiger charge is 2.35. The van der Waals surface area contributed by atoms with Gasteiger partial charge in [0, 0.05) is 5.56 Å². The molecule has 0 N–H and O–H groups in total. The van der Waals surface area contributed by atoms with Crippen molar-refractivity contribution >= 4 is 0 Å². The quantitative estimate of drug-likeness (QED) is 0.365. The van der Waals surface area contributed by atoms with E-state index in [0.29, 0.717) is 11.5 Å². The highest BCUT2D eigenvalue weighted by atomic mass is 19.2. The van der Waals surface area contributed by atoms with E-state index in [9.17, 15) is 8.78 Å². The van der Waals surface area contributed by atoms with Crippen molar-refractivity contribution in [1.82, 2.24) is 0 Å². The molecule has 2 aliphatic rings. The first-order valence-electron chi connectivity index (χ1n) is 12.5. The molecule has 2 aliphatic carbocycles. The molecule has 0 bridgehead atoms. The van der Waals surface area contributed by atoms with Crippen LogP contribution in [-0.2, 0) is 0 Å². The Hall–Kier alpha value is -2.42. The summed E-state index contributed by atoms with van der Waals surface area (Å²) < 4.78 is 34.2. The molecule has 0 aliphatic heterocycles. The SMILES string of the molecule is C=CCOc1ccc(-c2ccc(C3CCC4CC(CC/C=C/C)CCC4C3)cc2)c(F)c1F. The Bertz CT molecular complexity index is 962. The molecule has 0 spiro atoms. The molecule has 2 aromatic rings. The first kappa shape index (κ1) is 23.7. The monoisotopic (exact) mass is 450 g/mol. The molecule has 2 saturated carbocycles. The van der Waals surface area contributed by atoms with Crippen LogP contribution in [0, 0.1) is 29.4 Å². The number of fused-ring (bicyclic) bond motifs is 1. The Labute approximate surface area is 197 Å². The van der Waals surface area contributed by atoms with Crippen LogP contribution in [0.3, 0.4) is 0 Å². The number of ether oxygens (including phenoxy) is 1. The van der Waals surface area contributed by atoms with E-state index in [1.807, 2.05) is 12.1 Å². The largest absolute Gasteiger partial charge is 0.486 e. The van der Waals surface area contributed by atoms with Gasteiger partial charge < -0.3 is 4.74 Å². The number of hydrogen-bond acceptors (Lipinski definition) is 1. The minimum absolute atomic E-state index is 0.0823. The maximum Gasteiger partial charge on any atom is 0.201 e. The molecule has 4 unspecified atom stereocenters. The lowest BCUT2D eigenvalue weighted by molar-refractivity contribution is 0.115. The molecular formula is C30H36F2O. The third-order valence-corrected chi connectivity index (χ3v) is 7.80. The van der Waals surface area contributed by atoms with Crippen LogP contribution in [-0.4, -0.2) is 6.61 Å². The van der Waals surface area contributed by atoms with Gasteiger partial charge in [-0.3, -0.25) is 0 Å². The number of allylic oxidation sites excluding steroid dienone is 2. The fourth-order valence-electron chi connectivity index (χ4n) is 6.00. The van der Waals surface area contributed by atoms with Gasteiger partial charge in [0.05, 0.1) is 0 Å². The molecule has 1 nitrogen and oxygen atoms in total. The molecule has 4 rings (SSSR count). The Morgan fingerprint density at radius 3 is 2.45 bits per heavy atom. The average Bonchev–Trinajstić information content (AvgIpc) is 2.85. The molecule has 3 heteroatoms. The molecule has 0 saturated heterocycles. The fraction of sp³-hybridized carbons (Fsp3) is 0.467. The van der Waals surface area contributed by atoms with Crippen LogP contribution in [0.15, 0.2) is 61.2 Å². The second kappa shape index (κ2) is 11.1. The first-order chi connectivity index (χ1) is 16.1. The summed E-state index contributed by atoms with van der Waals surface area (Å²) in [7, 11) is 0. The molecule has 0 aromatic heterocycles. The van der Waals surface area contributed by atoms with Crippen molar-refractivity contribution in [2.45, 2.75) is 64.2 Å². The van der Waals surface area contributed by atoms with E-state index < -0.39 is 11.6 Å². The highest BCUT2D eigenvalue weighted by Crippen LogP contribution is 2.48. The molecule has 0 radical (unpaired) electrons. The van der Waals surface area contributed by atoms with E-state index in [1.54, 1.807) is 6.07 Å². The lowest BCUT2D eigenvalue weighted by Crippen LogP contribution is -2.30. The lowest BCUT2D eigenvalue weighted by Gasteiger charge is -2.42. The Kier molecular flexibility index (Phi) is 8.01. The normalized spacial score (nSPS) is 25.1. The molecule has 0 heterocycles. The van der Waals surface area contributed by atoms with Crippen LogP contribution in [0.4, 0.5) is 8.78 Å².